The second-order valence-electron chi connectivity index (χ2n) is 4.17. The molecule has 0 aliphatic heterocycles. The molecule has 0 amide bonds. The van der Waals surface area contributed by atoms with E-state index in [1.807, 2.05) is 11.9 Å². The molecule has 1 heterocycles. The summed E-state index contributed by atoms with van der Waals surface area (Å²) in [5.74, 6) is 0.615. The van der Waals surface area contributed by atoms with E-state index in [1.54, 1.807) is 5.38 Å². The summed E-state index contributed by atoms with van der Waals surface area (Å²) in [7, 11) is 1.97. The third-order valence-corrected chi connectivity index (χ3v) is 3.78. The van der Waals surface area contributed by atoms with E-state index in [4.69, 9.17) is 5.11 Å². The number of thiazole rings is 1. The Morgan fingerprint density at radius 1 is 1.80 bits per heavy atom. The fraction of sp³-hybridized carbons (Fsp3) is 0.600. The summed E-state index contributed by atoms with van der Waals surface area (Å²) >= 11 is 1.39. The van der Waals surface area contributed by atoms with Crippen LogP contribution in [0.25, 0.3) is 0 Å². The van der Waals surface area contributed by atoms with Crippen LogP contribution < -0.4 is 4.90 Å². The van der Waals surface area contributed by atoms with Crippen LogP contribution in [0.5, 0.6) is 0 Å². The minimum absolute atomic E-state index is 0.144. The van der Waals surface area contributed by atoms with Gasteiger partial charge < -0.3 is 10.0 Å². The highest BCUT2D eigenvalue weighted by atomic mass is 32.1. The van der Waals surface area contributed by atoms with Crippen molar-refractivity contribution in [3.8, 4) is 0 Å². The van der Waals surface area contributed by atoms with Gasteiger partial charge in [0.25, 0.3) is 0 Å². The Bertz CT molecular complexity index is 377. The van der Waals surface area contributed by atoms with Crippen molar-refractivity contribution in [1.82, 2.24) is 4.98 Å². The largest absolute Gasteiger partial charge is 0.476 e. The Hall–Kier alpha value is -1.10. The van der Waals surface area contributed by atoms with Crippen LogP contribution in [0.4, 0.5) is 5.13 Å². The predicted octanol–water partition coefficient (Wildman–Crippen LogP) is 1.93. The van der Waals surface area contributed by atoms with Crippen LogP contribution in [0, 0.1) is 11.8 Å². The van der Waals surface area contributed by atoms with Crippen LogP contribution >= 0.6 is 11.3 Å². The van der Waals surface area contributed by atoms with Gasteiger partial charge in [-0.25, -0.2) is 9.78 Å². The van der Waals surface area contributed by atoms with Gasteiger partial charge in [-0.1, -0.05) is 6.92 Å². The highest BCUT2D eigenvalue weighted by Gasteiger charge is 2.33. The molecule has 0 saturated heterocycles. The Balaban J connectivity index is 1.98. The number of aromatic nitrogens is 1. The summed E-state index contributed by atoms with van der Waals surface area (Å²) in [5, 5.41) is 11.1. The summed E-state index contributed by atoms with van der Waals surface area (Å²) in [5.41, 5.74) is 0.144. The van der Waals surface area contributed by atoms with Crippen LogP contribution in [0.3, 0.4) is 0 Å². The second kappa shape index (κ2) is 3.81. The molecule has 1 aliphatic rings. The molecule has 1 fully saturated rings. The van der Waals surface area contributed by atoms with Crippen molar-refractivity contribution in [2.75, 3.05) is 18.5 Å². The van der Waals surface area contributed by atoms with Gasteiger partial charge in [-0.2, -0.15) is 0 Å². The van der Waals surface area contributed by atoms with Crippen molar-refractivity contribution < 1.29 is 9.90 Å². The summed E-state index contributed by atoms with van der Waals surface area (Å²) in [4.78, 5) is 16.8. The number of carboxylic acids is 1. The lowest BCUT2D eigenvalue weighted by Gasteiger charge is -2.14. The number of carboxylic acid groups (broad SMARTS) is 1. The molecule has 5 heteroatoms. The first kappa shape index (κ1) is 10.4. The van der Waals surface area contributed by atoms with Crippen molar-refractivity contribution in [3.63, 3.8) is 0 Å². The summed E-state index contributed by atoms with van der Waals surface area (Å²) in [6.07, 6.45) is 1.28. The number of aromatic carboxylic acids is 1. The van der Waals surface area contributed by atoms with Crippen molar-refractivity contribution in [3.05, 3.63) is 11.1 Å². The summed E-state index contributed by atoms with van der Waals surface area (Å²) in [6, 6.07) is 0. The van der Waals surface area contributed by atoms with Crippen LogP contribution in [0.15, 0.2) is 5.38 Å². The average Bonchev–Trinajstić information content (AvgIpc) is 2.71. The van der Waals surface area contributed by atoms with E-state index >= 15 is 0 Å². The third kappa shape index (κ3) is 2.28. The quantitative estimate of drug-likeness (QED) is 0.852. The van der Waals surface area contributed by atoms with E-state index in [-0.39, 0.29) is 5.69 Å². The molecule has 1 aromatic heterocycles. The fourth-order valence-corrected chi connectivity index (χ4v) is 2.40. The van der Waals surface area contributed by atoms with Gasteiger partial charge in [0.15, 0.2) is 10.8 Å². The molecule has 1 N–H and O–H groups in total. The standard InChI is InChI=1S/C10H14N2O2S/c1-6-3-7(6)4-12(2)10-11-8(5-15-10)9(13)14/h5-7H,3-4H2,1-2H3,(H,13,14). The maximum atomic E-state index is 10.6. The van der Waals surface area contributed by atoms with Gasteiger partial charge >= 0.3 is 5.97 Å². The molecule has 0 bridgehead atoms. The van der Waals surface area contributed by atoms with Crippen LogP contribution in [-0.4, -0.2) is 29.7 Å². The van der Waals surface area contributed by atoms with Gasteiger partial charge in [0.2, 0.25) is 0 Å². The first-order valence-electron chi connectivity index (χ1n) is 4.98. The zero-order valence-electron chi connectivity index (χ0n) is 8.80. The molecule has 1 saturated carbocycles. The molecule has 0 aromatic carbocycles. The van der Waals surface area contributed by atoms with Gasteiger partial charge in [0, 0.05) is 19.0 Å². The molecule has 2 atom stereocenters. The lowest BCUT2D eigenvalue weighted by Crippen LogP contribution is -2.20. The predicted molar refractivity (Wildman–Crippen MR) is 59.6 cm³/mol. The normalized spacial score (nSPS) is 23.9. The number of rotatable bonds is 4. The van der Waals surface area contributed by atoms with Crippen molar-refractivity contribution >= 4 is 22.4 Å². The van der Waals surface area contributed by atoms with E-state index < -0.39 is 5.97 Å². The molecule has 0 radical (unpaired) electrons. The molecular formula is C10H14N2O2S. The molecule has 82 valence electrons. The number of nitrogens with zero attached hydrogens (tertiary/aromatic N) is 2. The van der Waals surface area contributed by atoms with Gasteiger partial charge in [-0.05, 0) is 18.3 Å². The Labute approximate surface area is 92.6 Å². The van der Waals surface area contributed by atoms with E-state index in [1.165, 1.54) is 17.8 Å². The number of hydrogen-bond donors (Lipinski definition) is 1. The van der Waals surface area contributed by atoms with E-state index in [2.05, 4.69) is 11.9 Å². The Morgan fingerprint density at radius 3 is 2.93 bits per heavy atom. The highest BCUT2D eigenvalue weighted by Crippen LogP contribution is 2.38. The van der Waals surface area contributed by atoms with Crippen LogP contribution in [0.1, 0.15) is 23.8 Å². The monoisotopic (exact) mass is 226 g/mol. The minimum atomic E-state index is -0.953. The molecule has 15 heavy (non-hydrogen) atoms. The average molecular weight is 226 g/mol. The highest BCUT2D eigenvalue weighted by molar-refractivity contribution is 7.13. The van der Waals surface area contributed by atoms with Crippen LogP contribution in [0.2, 0.25) is 0 Å². The maximum Gasteiger partial charge on any atom is 0.355 e. The van der Waals surface area contributed by atoms with Gasteiger partial charge in [-0.3, -0.25) is 0 Å². The van der Waals surface area contributed by atoms with E-state index in [0.29, 0.717) is 0 Å². The fourth-order valence-electron chi connectivity index (χ4n) is 1.62. The lowest BCUT2D eigenvalue weighted by atomic mass is 10.3. The van der Waals surface area contributed by atoms with Crippen molar-refractivity contribution in [1.29, 1.82) is 0 Å². The Morgan fingerprint density at radius 2 is 2.47 bits per heavy atom. The summed E-state index contributed by atoms with van der Waals surface area (Å²) < 4.78 is 0. The molecule has 1 aliphatic carbocycles. The van der Waals surface area contributed by atoms with Gasteiger partial charge in [-0.15, -0.1) is 11.3 Å². The molecule has 2 rings (SSSR count). The number of anilines is 1. The maximum absolute atomic E-state index is 10.6. The van der Waals surface area contributed by atoms with Crippen molar-refractivity contribution in [2.24, 2.45) is 11.8 Å². The van der Waals surface area contributed by atoms with Crippen LogP contribution in [-0.2, 0) is 0 Å². The molecular weight excluding hydrogens is 212 g/mol. The smallest absolute Gasteiger partial charge is 0.355 e. The topological polar surface area (TPSA) is 53.4 Å². The molecule has 4 nitrogen and oxygen atoms in total. The van der Waals surface area contributed by atoms with Gasteiger partial charge in [0.1, 0.15) is 0 Å². The van der Waals surface area contributed by atoms with E-state index in [0.717, 1.165) is 23.5 Å². The molecule has 2 unspecified atom stereocenters. The first-order chi connectivity index (χ1) is 7.08. The molecule has 0 spiro atoms. The zero-order chi connectivity index (χ0) is 11.0. The van der Waals surface area contributed by atoms with Crippen molar-refractivity contribution in [2.45, 2.75) is 13.3 Å². The second-order valence-corrected chi connectivity index (χ2v) is 5.01. The summed E-state index contributed by atoms with van der Waals surface area (Å²) in [6.45, 7) is 3.22. The van der Waals surface area contributed by atoms with Gasteiger partial charge in [0.05, 0.1) is 0 Å². The Kier molecular flexibility index (Phi) is 2.65. The minimum Gasteiger partial charge on any atom is -0.476 e. The first-order valence-corrected chi connectivity index (χ1v) is 5.86. The SMILES string of the molecule is CC1CC1CN(C)c1nc(C(=O)O)cs1. The number of carbonyl (C=O) groups is 1. The number of hydrogen-bond acceptors (Lipinski definition) is 4. The lowest BCUT2D eigenvalue weighted by molar-refractivity contribution is 0.0691. The zero-order valence-corrected chi connectivity index (χ0v) is 9.62. The molecule has 1 aromatic rings. The van der Waals surface area contributed by atoms with E-state index in [9.17, 15) is 4.79 Å². The third-order valence-electron chi connectivity index (χ3n) is 2.82.